The highest BCUT2D eigenvalue weighted by atomic mass is 35.5. The van der Waals surface area contributed by atoms with E-state index in [2.05, 4.69) is 9.72 Å². The number of nitrogens with zero attached hydrogens (tertiary/aromatic N) is 1. The van der Waals surface area contributed by atoms with Gasteiger partial charge in [0.1, 0.15) is 0 Å². The van der Waals surface area contributed by atoms with Crippen molar-refractivity contribution in [3.05, 3.63) is 28.3 Å². The van der Waals surface area contributed by atoms with E-state index < -0.39 is 35.3 Å². The monoisotopic (exact) mass is 267 g/mol. The average molecular weight is 268 g/mol. The Labute approximate surface area is 101 Å². The molecule has 3 nitrogen and oxygen atoms in total. The molecule has 0 unspecified atom stereocenters. The summed E-state index contributed by atoms with van der Waals surface area (Å²) in [5.74, 6) is -1.81. The molecule has 94 valence electrons. The van der Waals surface area contributed by atoms with Crippen molar-refractivity contribution in [1.29, 1.82) is 0 Å². The first-order valence-electron chi connectivity index (χ1n) is 4.74. The van der Waals surface area contributed by atoms with Crippen molar-refractivity contribution in [2.75, 3.05) is 6.61 Å². The molecule has 0 aliphatic heterocycles. The summed E-state index contributed by atoms with van der Waals surface area (Å²) in [5.41, 5.74) is -0.932. The number of rotatable bonds is 4. The molecule has 17 heavy (non-hydrogen) atoms. The number of ether oxygens (including phenoxy) is 1. The molecule has 1 heterocycles. The fourth-order valence-corrected chi connectivity index (χ4v) is 1.44. The van der Waals surface area contributed by atoms with E-state index in [1.54, 1.807) is 6.92 Å². The molecule has 0 N–H and O–H groups in total. The van der Waals surface area contributed by atoms with Crippen LogP contribution in [0, 0.1) is 5.95 Å². The summed E-state index contributed by atoms with van der Waals surface area (Å²) in [5, 5.41) is -0.408. The SMILES string of the molecule is CCOC(=O)Cc1nc(F)cc(C(F)F)c1Cl. The molecule has 1 aromatic heterocycles. The van der Waals surface area contributed by atoms with E-state index in [4.69, 9.17) is 11.6 Å². The van der Waals surface area contributed by atoms with Crippen molar-refractivity contribution in [3.8, 4) is 0 Å². The minimum absolute atomic E-state index is 0.132. The highest BCUT2D eigenvalue weighted by molar-refractivity contribution is 6.32. The van der Waals surface area contributed by atoms with Gasteiger partial charge >= 0.3 is 5.97 Å². The zero-order valence-corrected chi connectivity index (χ0v) is 9.60. The molecule has 0 bridgehead atoms. The van der Waals surface area contributed by atoms with Crippen LogP contribution < -0.4 is 0 Å². The number of hydrogen-bond donors (Lipinski definition) is 0. The standard InChI is InChI=1S/C10H9ClF3NO2/c1-2-17-8(16)4-6-9(11)5(10(13)14)3-7(12)15-6/h3,10H,2,4H2,1H3. The van der Waals surface area contributed by atoms with Crippen LogP contribution in [0.4, 0.5) is 13.2 Å². The van der Waals surface area contributed by atoms with Gasteiger partial charge in [0.05, 0.1) is 23.7 Å². The lowest BCUT2D eigenvalue weighted by Gasteiger charge is -2.08. The molecule has 1 rings (SSSR count). The van der Waals surface area contributed by atoms with Gasteiger partial charge in [-0.3, -0.25) is 4.79 Å². The first-order valence-corrected chi connectivity index (χ1v) is 5.12. The second-order valence-electron chi connectivity index (χ2n) is 3.08. The Bertz CT molecular complexity index is 426. The van der Waals surface area contributed by atoms with E-state index in [1.165, 1.54) is 0 Å². The normalized spacial score (nSPS) is 10.7. The molecular weight excluding hydrogens is 259 g/mol. The Hall–Kier alpha value is -1.30. The Balaban J connectivity index is 3.03. The van der Waals surface area contributed by atoms with E-state index in [-0.39, 0.29) is 12.3 Å². The number of esters is 1. The molecule has 0 radical (unpaired) electrons. The van der Waals surface area contributed by atoms with Gasteiger partial charge in [-0.2, -0.15) is 4.39 Å². The third-order valence-electron chi connectivity index (χ3n) is 1.88. The Morgan fingerprint density at radius 2 is 2.24 bits per heavy atom. The maximum Gasteiger partial charge on any atom is 0.311 e. The lowest BCUT2D eigenvalue weighted by Crippen LogP contribution is -2.11. The second kappa shape index (κ2) is 5.86. The van der Waals surface area contributed by atoms with E-state index in [0.717, 1.165) is 0 Å². The number of pyridine rings is 1. The third-order valence-corrected chi connectivity index (χ3v) is 2.31. The minimum atomic E-state index is -2.93. The molecule has 0 saturated heterocycles. The molecular formula is C10H9ClF3NO2. The van der Waals surface area contributed by atoms with Crippen LogP contribution in [0.2, 0.25) is 5.02 Å². The van der Waals surface area contributed by atoms with Gasteiger partial charge in [0.15, 0.2) is 0 Å². The summed E-state index contributed by atoms with van der Waals surface area (Å²) in [6, 6.07) is 0.543. The number of hydrogen-bond acceptors (Lipinski definition) is 3. The van der Waals surface area contributed by atoms with Crippen LogP contribution in [0.5, 0.6) is 0 Å². The van der Waals surface area contributed by atoms with Crippen molar-refractivity contribution in [2.24, 2.45) is 0 Å². The van der Waals surface area contributed by atoms with Gasteiger partial charge < -0.3 is 4.74 Å². The molecule has 0 aliphatic rings. The quantitative estimate of drug-likeness (QED) is 0.622. The van der Waals surface area contributed by atoms with Crippen molar-refractivity contribution in [3.63, 3.8) is 0 Å². The van der Waals surface area contributed by atoms with E-state index in [1.807, 2.05) is 0 Å². The lowest BCUT2D eigenvalue weighted by molar-refractivity contribution is -0.142. The van der Waals surface area contributed by atoms with Crippen LogP contribution >= 0.6 is 11.6 Å². The summed E-state index contributed by atoms with van der Waals surface area (Å²) in [4.78, 5) is 14.4. The van der Waals surface area contributed by atoms with Crippen LogP contribution in [0.15, 0.2) is 6.07 Å². The predicted molar refractivity (Wildman–Crippen MR) is 54.5 cm³/mol. The maximum absolute atomic E-state index is 12.9. The van der Waals surface area contributed by atoms with Gasteiger partial charge in [-0.1, -0.05) is 11.6 Å². The van der Waals surface area contributed by atoms with E-state index in [0.29, 0.717) is 6.07 Å². The van der Waals surface area contributed by atoms with Crippen LogP contribution in [-0.4, -0.2) is 17.6 Å². The largest absolute Gasteiger partial charge is 0.466 e. The molecule has 0 fully saturated rings. The van der Waals surface area contributed by atoms with Gasteiger partial charge in [-0.15, -0.1) is 0 Å². The fourth-order valence-electron chi connectivity index (χ4n) is 1.19. The molecule has 1 aromatic rings. The van der Waals surface area contributed by atoms with Crippen LogP contribution in [-0.2, 0) is 16.0 Å². The predicted octanol–water partition coefficient (Wildman–Crippen LogP) is 2.92. The topological polar surface area (TPSA) is 39.2 Å². The molecule has 0 aliphatic carbocycles. The van der Waals surface area contributed by atoms with E-state index in [9.17, 15) is 18.0 Å². The molecule has 0 saturated carbocycles. The number of aromatic nitrogens is 1. The highest BCUT2D eigenvalue weighted by Crippen LogP contribution is 2.29. The van der Waals surface area contributed by atoms with Crippen molar-refractivity contribution in [2.45, 2.75) is 19.8 Å². The smallest absolute Gasteiger partial charge is 0.311 e. The van der Waals surface area contributed by atoms with Crippen LogP contribution in [0.3, 0.4) is 0 Å². The van der Waals surface area contributed by atoms with Gasteiger partial charge in [-0.05, 0) is 6.92 Å². The first kappa shape index (κ1) is 13.8. The van der Waals surface area contributed by atoms with Crippen molar-refractivity contribution >= 4 is 17.6 Å². The summed E-state index contributed by atoms with van der Waals surface area (Å²) < 4.78 is 42.5. The second-order valence-corrected chi connectivity index (χ2v) is 3.46. The Morgan fingerprint density at radius 3 is 2.76 bits per heavy atom. The molecule has 0 atom stereocenters. The summed E-state index contributed by atoms with van der Waals surface area (Å²) in [7, 11) is 0. The zero-order valence-electron chi connectivity index (χ0n) is 8.84. The maximum atomic E-state index is 12.9. The summed E-state index contributed by atoms with van der Waals surface area (Å²) >= 11 is 5.60. The van der Waals surface area contributed by atoms with Gasteiger partial charge in [0, 0.05) is 11.6 Å². The third kappa shape index (κ3) is 3.59. The Kier molecular flexibility index (Phi) is 4.74. The fraction of sp³-hybridized carbons (Fsp3) is 0.400. The van der Waals surface area contributed by atoms with Gasteiger partial charge in [0.2, 0.25) is 5.95 Å². The van der Waals surface area contributed by atoms with E-state index >= 15 is 0 Å². The summed E-state index contributed by atoms with van der Waals surface area (Å²) in [6.07, 6.45) is -3.37. The van der Waals surface area contributed by atoms with Crippen LogP contribution in [0.25, 0.3) is 0 Å². The minimum Gasteiger partial charge on any atom is -0.466 e. The molecule has 0 aromatic carbocycles. The highest BCUT2D eigenvalue weighted by Gasteiger charge is 2.20. The number of alkyl halides is 2. The number of carbonyl (C=O) groups is 1. The lowest BCUT2D eigenvalue weighted by atomic mass is 10.2. The molecule has 0 amide bonds. The Morgan fingerprint density at radius 1 is 1.59 bits per heavy atom. The molecule has 0 spiro atoms. The number of carbonyl (C=O) groups excluding carboxylic acids is 1. The average Bonchev–Trinajstić information content (AvgIpc) is 2.22. The van der Waals surface area contributed by atoms with Gasteiger partial charge in [-0.25, -0.2) is 13.8 Å². The zero-order chi connectivity index (χ0) is 13.0. The van der Waals surface area contributed by atoms with Crippen LogP contribution in [0.1, 0.15) is 24.6 Å². The van der Waals surface area contributed by atoms with Gasteiger partial charge in [0.25, 0.3) is 6.43 Å². The number of halogens is 4. The molecule has 7 heteroatoms. The first-order chi connectivity index (χ1) is 7.95. The van der Waals surface area contributed by atoms with Crippen molar-refractivity contribution in [1.82, 2.24) is 4.98 Å². The summed E-state index contributed by atoms with van der Waals surface area (Å²) in [6.45, 7) is 1.72. The van der Waals surface area contributed by atoms with Crippen molar-refractivity contribution < 1.29 is 22.7 Å².